The average Bonchev–Trinajstić information content (AvgIpc) is 2.64. The normalized spacial score (nSPS) is 25.1. The smallest absolute Gasteiger partial charge is 0.0703 e. The van der Waals surface area contributed by atoms with Crippen LogP contribution < -0.4 is 0 Å². The summed E-state index contributed by atoms with van der Waals surface area (Å²) >= 11 is 0. The van der Waals surface area contributed by atoms with Crippen LogP contribution in [-0.4, -0.2) is 25.0 Å². The third-order valence-corrected chi connectivity index (χ3v) is 4.17. The quantitative estimate of drug-likeness (QED) is 0.707. The Balaban J connectivity index is 1.76. The molecule has 2 saturated carbocycles. The summed E-state index contributed by atoms with van der Waals surface area (Å²) in [6.45, 7) is 2.21. The first-order valence-corrected chi connectivity index (χ1v) is 6.34. The van der Waals surface area contributed by atoms with E-state index in [1.54, 1.807) is 0 Å². The van der Waals surface area contributed by atoms with Crippen molar-refractivity contribution in [3.05, 3.63) is 0 Å². The molecule has 84 valence electrons. The van der Waals surface area contributed by atoms with Crippen molar-refractivity contribution in [2.75, 3.05) is 20.1 Å². The van der Waals surface area contributed by atoms with E-state index in [0.717, 1.165) is 25.3 Å². The van der Waals surface area contributed by atoms with E-state index in [0.29, 0.717) is 0 Å². The van der Waals surface area contributed by atoms with Crippen molar-refractivity contribution in [2.45, 2.75) is 44.9 Å². The van der Waals surface area contributed by atoms with Crippen LogP contribution in [0.2, 0.25) is 0 Å². The van der Waals surface area contributed by atoms with Crippen LogP contribution in [0.15, 0.2) is 0 Å². The molecule has 15 heavy (non-hydrogen) atoms. The molecule has 2 aliphatic carbocycles. The highest BCUT2D eigenvalue weighted by Crippen LogP contribution is 2.41. The summed E-state index contributed by atoms with van der Waals surface area (Å²) in [5, 5.41) is 9.17. The SMILES string of the molecule is CN(CC1CCCC1)CC1(C#N)CCC1. The summed E-state index contributed by atoms with van der Waals surface area (Å²) in [7, 11) is 2.19. The van der Waals surface area contributed by atoms with Gasteiger partial charge in [0.05, 0.1) is 11.5 Å². The highest BCUT2D eigenvalue weighted by molar-refractivity contribution is 5.06. The molecule has 0 N–H and O–H groups in total. The topological polar surface area (TPSA) is 27.0 Å². The van der Waals surface area contributed by atoms with E-state index in [9.17, 15) is 0 Å². The third kappa shape index (κ3) is 2.52. The standard InChI is InChI=1S/C13H22N2/c1-15(9-12-5-2-3-6-12)11-13(10-14)7-4-8-13/h12H,2-9,11H2,1H3. The van der Waals surface area contributed by atoms with E-state index in [4.69, 9.17) is 5.26 Å². The number of hydrogen-bond acceptors (Lipinski definition) is 2. The minimum absolute atomic E-state index is 0.0212. The van der Waals surface area contributed by atoms with Crippen LogP contribution in [0.1, 0.15) is 44.9 Å². The van der Waals surface area contributed by atoms with Gasteiger partial charge in [-0.15, -0.1) is 0 Å². The zero-order chi connectivity index (χ0) is 10.7. The molecular weight excluding hydrogens is 184 g/mol. The summed E-state index contributed by atoms with van der Waals surface area (Å²) < 4.78 is 0. The summed E-state index contributed by atoms with van der Waals surface area (Å²) in [6.07, 6.45) is 9.15. The van der Waals surface area contributed by atoms with Crippen molar-refractivity contribution in [2.24, 2.45) is 11.3 Å². The molecule has 0 aromatic carbocycles. The molecule has 2 nitrogen and oxygen atoms in total. The van der Waals surface area contributed by atoms with Crippen LogP contribution in [-0.2, 0) is 0 Å². The summed E-state index contributed by atoms with van der Waals surface area (Å²) in [5.41, 5.74) is 0.0212. The Labute approximate surface area is 93.3 Å². The van der Waals surface area contributed by atoms with Gasteiger partial charge in [-0.2, -0.15) is 5.26 Å². The van der Waals surface area contributed by atoms with Crippen molar-refractivity contribution in [1.29, 1.82) is 5.26 Å². The van der Waals surface area contributed by atoms with E-state index in [1.807, 2.05) is 0 Å². The molecule has 0 aromatic heterocycles. The molecule has 0 saturated heterocycles. The first-order chi connectivity index (χ1) is 7.24. The minimum atomic E-state index is 0.0212. The molecule has 0 spiro atoms. The molecule has 0 radical (unpaired) electrons. The van der Waals surface area contributed by atoms with Crippen LogP contribution in [0.25, 0.3) is 0 Å². The van der Waals surface area contributed by atoms with Gasteiger partial charge in [0, 0.05) is 13.1 Å². The lowest BCUT2D eigenvalue weighted by molar-refractivity contribution is 0.127. The minimum Gasteiger partial charge on any atom is -0.305 e. The van der Waals surface area contributed by atoms with Gasteiger partial charge in [0.2, 0.25) is 0 Å². The van der Waals surface area contributed by atoms with Crippen molar-refractivity contribution in [3.63, 3.8) is 0 Å². The molecule has 0 atom stereocenters. The fourth-order valence-electron chi connectivity index (χ4n) is 3.12. The van der Waals surface area contributed by atoms with Crippen LogP contribution in [0.5, 0.6) is 0 Å². The zero-order valence-electron chi connectivity index (χ0n) is 9.84. The van der Waals surface area contributed by atoms with Crippen molar-refractivity contribution in [1.82, 2.24) is 4.90 Å². The average molecular weight is 206 g/mol. The fraction of sp³-hybridized carbons (Fsp3) is 0.923. The lowest BCUT2D eigenvalue weighted by atomic mass is 9.69. The van der Waals surface area contributed by atoms with Crippen LogP contribution in [0.3, 0.4) is 0 Å². The second-order valence-electron chi connectivity index (χ2n) is 5.59. The van der Waals surface area contributed by atoms with E-state index in [2.05, 4.69) is 18.0 Å². The Morgan fingerprint density at radius 2 is 1.93 bits per heavy atom. The lowest BCUT2D eigenvalue weighted by Crippen LogP contribution is -2.41. The zero-order valence-corrected chi connectivity index (χ0v) is 9.84. The Bertz CT molecular complexity index is 244. The van der Waals surface area contributed by atoms with E-state index in [-0.39, 0.29) is 5.41 Å². The first-order valence-electron chi connectivity index (χ1n) is 6.34. The van der Waals surface area contributed by atoms with Gasteiger partial charge < -0.3 is 4.90 Å². The summed E-state index contributed by atoms with van der Waals surface area (Å²) in [4.78, 5) is 2.40. The highest BCUT2D eigenvalue weighted by atomic mass is 15.1. The number of hydrogen-bond donors (Lipinski definition) is 0. The molecular formula is C13H22N2. The molecule has 0 bridgehead atoms. The maximum absolute atomic E-state index is 9.17. The molecule has 0 aromatic rings. The maximum Gasteiger partial charge on any atom is 0.0703 e. The predicted molar refractivity (Wildman–Crippen MR) is 61.4 cm³/mol. The number of nitrogens with zero attached hydrogens (tertiary/aromatic N) is 2. The Hall–Kier alpha value is -0.550. The van der Waals surface area contributed by atoms with Gasteiger partial charge in [0.1, 0.15) is 0 Å². The fourth-order valence-corrected chi connectivity index (χ4v) is 3.12. The molecule has 0 aliphatic heterocycles. The van der Waals surface area contributed by atoms with Crippen molar-refractivity contribution in [3.8, 4) is 6.07 Å². The van der Waals surface area contributed by atoms with Gasteiger partial charge >= 0.3 is 0 Å². The second-order valence-corrected chi connectivity index (χ2v) is 5.59. The molecule has 2 aliphatic rings. The number of nitriles is 1. The molecule has 2 heteroatoms. The highest BCUT2D eigenvalue weighted by Gasteiger charge is 2.38. The Morgan fingerprint density at radius 3 is 2.40 bits per heavy atom. The van der Waals surface area contributed by atoms with E-state index >= 15 is 0 Å². The van der Waals surface area contributed by atoms with Gasteiger partial charge in [0.25, 0.3) is 0 Å². The summed E-state index contributed by atoms with van der Waals surface area (Å²) in [6, 6.07) is 2.53. The van der Waals surface area contributed by atoms with Gasteiger partial charge in [-0.1, -0.05) is 19.3 Å². The van der Waals surface area contributed by atoms with Gasteiger partial charge in [0.15, 0.2) is 0 Å². The first kappa shape index (κ1) is 11.0. The van der Waals surface area contributed by atoms with Crippen LogP contribution in [0, 0.1) is 22.7 Å². The molecule has 2 rings (SSSR count). The number of rotatable bonds is 4. The van der Waals surface area contributed by atoms with Crippen LogP contribution in [0.4, 0.5) is 0 Å². The Kier molecular flexibility index (Phi) is 3.31. The summed E-state index contributed by atoms with van der Waals surface area (Å²) in [5.74, 6) is 0.908. The van der Waals surface area contributed by atoms with E-state index < -0.39 is 0 Å². The molecule has 0 unspecified atom stereocenters. The maximum atomic E-state index is 9.17. The molecule has 2 fully saturated rings. The largest absolute Gasteiger partial charge is 0.305 e. The van der Waals surface area contributed by atoms with Crippen molar-refractivity contribution < 1.29 is 0 Å². The predicted octanol–water partition coefficient (Wildman–Crippen LogP) is 2.80. The lowest BCUT2D eigenvalue weighted by Gasteiger charge is -2.38. The third-order valence-electron chi connectivity index (χ3n) is 4.17. The van der Waals surface area contributed by atoms with Gasteiger partial charge in [-0.05, 0) is 38.6 Å². The van der Waals surface area contributed by atoms with Crippen molar-refractivity contribution >= 4 is 0 Å². The van der Waals surface area contributed by atoms with Crippen LogP contribution >= 0.6 is 0 Å². The van der Waals surface area contributed by atoms with Gasteiger partial charge in [-0.3, -0.25) is 0 Å². The molecule has 0 heterocycles. The second kappa shape index (κ2) is 4.53. The van der Waals surface area contributed by atoms with Gasteiger partial charge in [-0.25, -0.2) is 0 Å². The van der Waals surface area contributed by atoms with E-state index in [1.165, 1.54) is 38.6 Å². The molecule has 0 amide bonds. The Morgan fingerprint density at radius 1 is 1.27 bits per heavy atom. The monoisotopic (exact) mass is 206 g/mol.